The Morgan fingerprint density at radius 1 is 1.40 bits per heavy atom. The van der Waals surface area contributed by atoms with Gasteiger partial charge in [-0.3, -0.25) is 14.9 Å². The minimum atomic E-state index is -0.495. The average molecular weight is 311 g/mol. The zero-order valence-corrected chi connectivity index (χ0v) is 12.1. The molecule has 20 heavy (non-hydrogen) atoms. The second-order valence-corrected chi connectivity index (χ2v) is 5.95. The number of halogens is 1. The van der Waals surface area contributed by atoms with Gasteiger partial charge in [0.15, 0.2) is 0 Å². The van der Waals surface area contributed by atoms with Crippen LogP contribution in [-0.2, 0) is 6.54 Å². The van der Waals surface area contributed by atoms with E-state index in [0.29, 0.717) is 16.4 Å². The van der Waals surface area contributed by atoms with Crippen molar-refractivity contribution >= 4 is 34.5 Å². The lowest BCUT2D eigenvalue weighted by Crippen LogP contribution is -2.22. The second-order valence-electron chi connectivity index (χ2n) is 4.15. The van der Waals surface area contributed by atoms with E-state index in [9.17, 15) is 14.9 Å². The molecule has 1 amide bonds. The molecule has 0 unspecified atom stereocenters. The summed E-state index contributed by atoms with van der Waals surface area (Å²) >= 11 is 7.17. The first-order chi connectivity index (χ1) is 9.47. The third kappa shape index (κ3) is 3.34. The summed E-state index contributed by atoms with van der Waals surface area (Å²) in [6.07, 6.45) is 0. The highest BCUT2D eigenvalue weighted by Gasteiger charge is 2.14. The van der Waals surface area contributed by atoms with E-state index in [4.69, 9.17) is 11.6 Å². The van der Waals surface area contributed by atoms with Crippen LogP contribution in [0.15, 0.2) is 30.3 Å². The van der Waals surface area contributed by atoms with Gasteiger partial charge in [0, 0.05) is 22.1 Å². The van der Waals surface area contributed by atoms with Crippen LogP contribution in [0.1, 0.15) is 20.8 Å². The third-order valence-corrected chi connectivity index (χ3v) is 3.95. The fraction of sp³-hybridized carbons (Fsp3) is 0.154. The van der Waals surface area contributed by atoms with Gasteiger partial charge in [0.2, 0.25) is 0 Å². The highest BCUT2D eigenvalue weighted by Crippen LogP contribution is 2.22. The molecule has 7 heteroatoms. The summed E-state index contributed by atoms with van der Waals surface area (Å²) in [6.45, 7) is 1.98. The summed E-state index contributed by atoms with van der Waals surface area (Å²) in [5, 5.41) is 13.5. The van der Waals surface area contributed by atoms with Crippen LogP contribution in [0.2, 0.25) is 4.34 Å². The molecule has 2 aromatic rings. The van der Waals surface area contributed by atoms with E-state index in [1.54, 1.807) is 25.1 Å². The van der Waals surface area contributed by atoms with Crippen molar-refractivity contribution in [2.75, 3.05) is 0 Å². The fourth-order valence-corrected chi connectivity index (χ4v) is 2.69. The first kappa shape index (κ1) is 14.5. The van der Waals surface area contributed by atoms with Crippen LogP contribution in [-0.4, -0.2) is 10.8 Å². The number of nitro benzene ring substituents is 1. The first-order valence-electron chi connectivity index (χ1n) is 5.75. The molecular formula is C13H11ClN2O3S. The van der Waals surface area contributed by atoms with Crippen molar-refractivity contribution in [2.45, 2.75) is 13.5 Å². The molecule has 0 saturated carbocycles. The van der Waals surface area contributed by atoms with E-state index in [-0.39, 0.29) is 17.2 Å². The number of carbonyl (C=O) groups excluding carboxylic acids is 1. The van der Waals surface area contributed by atoms with Crippen molar-refractivity contribution in [3.05, 3.63) is 60.8 Å². The second kappa shape index (κ2) is 6.02. The zero-order valence-electron chi connectivity index (χ0n) is 10.6. The first-order valence-corrected chi connectivity index (χ1v) is 6.94. The summed E-state index contributed by atoms with van der Waals surface area (Å²) in [5.41, 5.74) is 0.735. The Morgan fingerprint density at radius 3 is 2.75 bits per heavy atom. The molecule has 0 fully saturated rings. The third-order valence-electron chi connectivity index (χ3n) is 2.72. The number of thiophene rings is 1. The molecule has 0 bridgehead atoms. The summed E-state index contributed by atoms with van der Waals surface area (Å²) in [6, 6.07) is 8.00. The molecule has 2 rings (SSSR count). The van der Waals surface area contributed by atoms with E-state index >= 15 is 0 Å². The molecule has 0 aliphatic carbocycles. The van der Waals surface area contributed by atoms with Gasteiger partial charge in [0.25, 0.3) is 11.6 Å². The molecule has 0 aliphatic heterocycles. The lowest BCUT2D eigenvalue weighted by molar-refractivity contribution is -0.385. The van der Waals surface area contributed by atoms with Crippen molar-refractivity contribution in [1.29, 1.82) is 0 Å². The van der Waals surface area contributed by atoms with Gasteiger partial charge in [-0.25, -0.2) is 0 Å². The molecule has 0 radical (unpaired) electrons. The molecule has 0 atom stereocenters. The van der Waals surface area contributed by atoms with Crippen LogP contribution in [0.3, 0.4) is 0 Å². The van der Waals surface area contributed by atoms with Crippen LogP contribution < -0.4 is 5.32 Å². The van der Waals surface area contributed by atoms with Crippen LogP contribution in [0.4, 0.5) is 5.69 Å². The monoisotopic (exact) mass is 310 g/mol. The standard InChI is InChI=1S/C13H11ClN2O3S/c1-8-2-3-9(6-11(8)16(18)19)13(17)15-7-10-4-5-12(14)20-10/h2-6H,7H2,1H3,(H,15,17). The molecule has 5 nitrogen and oxygen atoms in total. The Kier molecular flexibility index (Phi) is 4.36. The van der Waals surface area contributed by atoms with Gasteiger partial charge < -0.3 is 5.32 Å². The smallest absolute Gasteiger partial charge is 0.273 e. The normalized spacial score (nSPS) is 10.3. The molecule has 1 heterocycles. The van der Waals surface area contributed by atoms with Crippen LogP contribution in [0.5, 0.6) is 0 Å². The number of nitrogens with one attached hydrogen (secondary N) is 1. The summed E-state index contributed by atoms with van der Waals surface area (Å²) in [5.74, 6) is -0.349. The van der Waals surface area contributed by atoms with Gasteiger partial charge in [-0.15, -0.1) is 11.3 Å². The average Bonchev–Trinajstić information content (AvgIpc) is 2.82. The van der Waals surface area contributed by atoms with Crippen molar-refractivity contribution in [2.24, 2.45) is 0 Å². The SMILES string of the molecule is Cc1ccc(C(=O)NCc2ccc(Cl)s2)cc1[N+](=O)[O-]. The molecule has 0 spiro atoms. The maximum absolute atomic E-state index is 11.9. The molecule has 0 saturated heterocycles. The minimum absolute atomic E-state index is 0.0585. The highest BCUT2D eigenvalue weighted by molar-refractivity contribution is 7.16. The maximum atomic E-state index is 11.9. The molecule has 1 aromatic carbocycles. The number of aryl methyl sites for hydroxylation is 1. The number of hydrogen-bond acceptors (Lipinski definition) is 4. The van der Waals surface area contributed by atoms with Gasteiger partial charge in [0.1, 0.15) is 0 Å². The number of benzene rings is 1. The quantitative estimate of drug-likeness (QED) is 0.693. The van der Waals surface area contributed by atoms with E-state index in [1.807, 2.05) is 6.07 Å². The number of hydrogen-bond donors (Lipinski definition) is 1. The lowest BCUT2D eigenvalue weighted by Gasteiger charge is -2.04. The maximum Gasteiger partial charge on any atom is 0.273 e. The van der Waals surface area contributed by atoms with Gasteiger partial charge in [0.05, 0.1) is 15.8 Å². The Bertz CT molecular complexity index is 669. The van der Waals surface area contributed by atoms with Gasteiger partial charge in [-0.1, -0.05) is 17.7 Å². The van der Waals surface area contributed by atoms with Crippen molar-refractivity contribution in [3.8, 4) is 0 Å². The van der Waals surface area contributed by atoms with Gasteiger partial charge in [-0.2, -0.15) is 0 Å². The number of amides is 1. The fourth-order valence-electron chi connectivity index (χ4n) is 1.66. The summed E-state index contributed by atoms with van der Waals surface area (Å²) in [7, 11) is 0. The number of nitro groups is 1. The molecule has 1 N–H and O–H groups in total. The van der Waals surface area contributed by atoms with E-state index in [2.05, 4.69) is 5.32 Å². The summed E-state index contributed by atoms with van der Waals surface area (Å²) < 4.78 is 0.653. The molecule has 0 aliphatic rings. The van der Waals surface area contributed by atoms with Gasteiger partial charge in [-0.05, 0) is 25.1 Å². The Morgan fingerprint density at radius 2 is 2.15 bits per heavy atom. The van der Waals surface area contributed by atoms with E-state index in [1.165, 1.54) is 17.4 Å². The minimum Gasteiger partial charge on any atom is -0.347 e. The molecule has 104 valence electrons. The van der Waals surface area contributed by atoms with Crippen LogP contribution >= 0.6 is 22.9 Å². The largest absolute Gasteiger partial charge is 0.347 e. The Balaban J connectivity index is 2.09. The lowest BCUT2D eigenvalue weighted by atomic mass is 10.1. The number of nitrogens with zero attached hydrogens (tertiary/aromatic N) is 1. The molecule has 1 aromatic heterocycles. The molecular weight excluding hydrogens is 300 g/mol. The predicted molar refractivity (Wildman–Crippen MR) is 78.3 cm³/mol. The Labute approximate surface area is 124 Å². The van der Waals surface area contributed by atoms with E-state index in [0.717, 1.165) is 4.88 Å². The van der Waals surface area contributed by atoms with E-state index < -0.39 is 4.92 Å². The van der Waals surface area contributed by atoms with Crippen molar-refractivity contribution < 1.29 is 9.72 Å². The van der Waals surface area contributed by atoms with Crippen molar-refractivity contribution in [3.63, 3.8) is 0 Å². The van der Waals surface area contributed by atoms with Crippen LogP contribution in [0.25, 0.3) is 0 Å². The number of rotatable bonds is 4. The summed E-state index contributed by atoms with van der Waals surface area (Å²) in [4.78, 5) is 23.2. The predicted octanol–water partition coefficient (Wildman–Crippen LogP) is 3.55. The van der Waals surface area contributed by atoms with Gasteiger partial charge >= 0.3 is 0 Å². The van der Waals surface area contributed by atoms with Crippen LogP contribution in [0, 0.1) is 17.0 Å². The highest BCUT2D eigenvalue weighted by atomic mass is 35.5. The topological polar surface area (TPSA) is 72.2 Å². The number of carbonyl (C=O) groups is 1. The van der Waals surface area contributed by atoms with Crippen molar-refractivity contribution in [1.82, 2.24) is 5.32 Å². The zero-order chi connectivity index (χ0) is 14.7. The Hall–Kier alpha value is -1.92.